The van der Waals surface area contributed by atoms with Crippen molar-refractivity contribution in [3.63, 3.8) is 0 Å². The van der Waals surface area contributed by atoms with Gasteiger partial charge in [0.15, 0.2) is 0 Å². The molecule has 180 valence electrons. The maximum atomic E-state index is 12.9. The first-order valence-electron chi connectivity index (χ1n) is 11.3. The smallest absolute Gasteiger partial charge is 0.271 e. The van der Waals surface area contributed by atoms with Crippen LogP contribution in [0.15, 0.2) is 42.5 Å². The van der Waals surface area contributed by atoms with Crippen molar-refractivity contribution in [2.45, 2.75) is 13.8 Å². The minimum absolute atomic E-state index is 0.155. The van der Waals surface area contributed by atoms with Crippen LogP contribution in [0, 0.1) is 13.8 Å². The van der Waals surface area contributed by atoms with Crippen LogP contribution in [-0.4, -0.2) is 66.7 Å². The number of benzene rings is 2. The van der Waals surface area contributed by atoms with E-state index in [2.05, 4.69) is 20.1 Å². The molecule has 9 heteroatoms. The van der Waals surface area contributed by atoms with Gasteiger partial charge in [0.25, 0.3) is 5.91 Å². The van der Waals surface area contributed by atoms with E-state index in [0.29, 0.717) is 22.3 Å². The molecular weight excluding hydrogens is 473 g/mol. The van der Waals surface area contributed by atoms with Crippen molar-refractivity contribution in [1.82, 2.24) is 19.8 Å². The highest BCUT2D eigenvalue weighted by Crippen LogP contribution is 2.32. The summed E-state index contributed by atoms with van der Waals surface area (Å²) < 4.78 is 7.22. The molecule has 0 atom stereocenters. The number of aromatic nitrogens is 2. The third-order valence-corrected chi connectivity index (χ3v) is 6.99. The van der Waals surface area contributed by atoms with Crippen LogP contribution < -0.4 is 15.0 Å². The molecule has 0 radical (unpaired) electrons. The Balaban J connectivity index is 1.30. The van der Waals surface area contributed by atoms with Crippen molar-refractivity contribution >= 4 is 34.8 Å². The summed E-state index contributed by atoms with van der Waals surface area (Å²) in [5, 5.41) is 4.20. The minimum atomic E-state index is -0.155. The lowest BCUT2D eigenvalue weighted by molar-refractivity contribution is 0.0942. The summed E-state index contributed by atoms with van der Waals surface area (Å²) in [6.45, 7) is 8.66. The second kappa shape index (κ2) is 10.7. The Morgan fingerprint density at radius 3 is 2.44 bits per heavy atom. The number of hydrogen-bond acceptors (Lipinski definition) is 5. The highest BCUT2D eigenvalue weighted by Gasteiger charge is 2.21. The molecule has 0 aliphatic carbocycles. The molecule has 3 aromatic rings. The number of imidazole rings is 1. The van der Waals surface area contributed by atoms with Crippen LogP contribution in [0.2, 0.25) is 10.0 Å². The monoisotopic (exact) mass is 501 g/mol. The van der Waals surface area contributed by atoms with Gasteiger partial charge in [0.2, 0.25) is 0 Å². The normalized spacial score (nSPS) is 14.3. The number of anilines is 1. The number of carbonyl (C=O) groups excluding carboxylic acids is 1. The molecular formula is C25H29Cl2N5O2. The molecule has 0 saturated carbocycles. The molecule has 0 bridgehead atoms. The minimum Gasteiger partial charge on any atom is -0.497 e. The maximum Gasteiger partial charge on any atom is 0.271 e. The molecule has 1 aliphatic heterocycles. The highest BCUT2D eigenvalue weighted by atomic mass is 35.5. The first-order valence-corrected chi connectivity index (χ1v) is 12.0. The lowest BCUT2D eigenvalue weighted by Crippen LogP contribution is -2.48. The fraction of sp³-hybridized carbons (Fsp3) is 0.360. The second-order valence-corrected chi connectivity index (χ2v) is 9.07. The maximum absolute atomic E-state index is 12.9. The topological polar surface area (TPSA) is 62.6 Å². The molecule has 34 heavy (non-hydrogen) atoms. The summed E-state index contributed by atoms with van der Waals surface area (Å²) in [6.07, 6.45) is 0. The van der Waals surface area contributed by atoms with Gasteiger partial charge < -0.3 is 19.5 Å². The summed E-state index contributed by atoms with van der Waals surface area (Å²) in [5.41, 5.74) is 3.18. The molecule has 1 fully saturated rings. The molecule has 2 aromatic carbocycles. The third kappa shape index (κ3) is 5.17. The zero-order valence-corrected chi connectivity index (χ0v) is 21.2. The van der Waals surface area contributed by atoms with E-state index in [1.807, 2.05) is 54.8 Å². The van der Waals surface area contributed by atoms with Gasteiger partial charge in [-0.05, 0) is 50.2 Å². The zero-order chi connectivity index (χ0) is 24.2. The summed E-state index contributed by atoms with van der Waals surface area (Å²) in [6, 6.07) is 13.4. The van der Waals surface area contributed by atoms with Gasteiger partial charge in [-0.3, -0.25) is 9.69 Å². The van der Waals surface area contributed by atoms with Gasteiger partial charge in [0, 0.05) is 45.0 Å². The first kappa shape index (κ1) is 24.4. The van der Waals surface area contributed by atoms with Crippen LogP contribution in [0.25, 0.3) is 5.69 Å². The molecule has 1 aliphatic rings. The fourth-order valence-corrected chi connectivity index (χ4v) is 4.74. The predicted octanol–water partition coefficient (Wildman–Crippen LogP) is 4.36. The number of aryl methyl sites for hydroxylation is 1. The SMILES string of the molecule is COc1ccc(-n2c(C)nc(C(=O)NCCN3CCN(c4cccc(Cl)c4Cl)CC3)c2C)cc1. The Morgan fingerprint density at radius 1 is 1.06 bits per heavy atom. The van der Waals surface area contributed by atoms with Crippen molar-refractivity contribution in [2.75, 3.05) is 51.3 Å². The number of rotatable bonds is 7. The van der Waals surface area contributed by atoms with Crippen molar-refractivity contribution in [2.24, 2.45) is 0 Å². The van der Waals surface area contributed by atoms with Gasteiger partial charge in [0.05, 0.1) is 28.5 Å². The Morgan fingerprint density at radius 2 is 1.76 bits per heavy atom. The van der Waals surface area contributed by atoms with E-state index in [0.717, 1.165) is 61.4 Å². The summed E-state index contributed by atoms with van der Waals surface area (Å²) >= 11 is 12.5. The highest BCUT2D eigenvalue weighted by molar-refractivity contribution is 6.43. The van der Waals surface area contributed by atoms with Crippen LogP contribution in [0.1, 0.15) is 22.0 Å². The number of amides is 1. The van der Waals surface area contributed by atoms with Crippen LogP contribution in [0.4, 0.5) is 5.69 Å². The summed E-state index contributed by atoms with van der Waals surface area (Å²) in [7, 11) is 1.64. The van der Waals surface area contributed by atoms with E-state index in [1.165, 1.54) is 0 Å². The van der Waals surface area contributed by atoms with Gasteiger partial charge in [-0.25, -0.2) is 4.98 Å². The predicted molar refractivity (Wildman–Crippen MR) is 137 cm³/mol. The lowest BCUT2D eigenvalue weighted by atomic mass is 10.2. The molecule has 1 aromatic heterocycles. The van der Waals surface area contributed by atoms with E-state index in [4.69, 9.17) is 27.9 Å². The van der Waals surface area contributed by atoms with Gasteiger partial charge >= 0.3 is 0 Å². The molecule has 2 heterocycles. The molecule has 0 spiro atoms. The summed E-state index contributed by atoms with van der Waals surface area (Å²) in [4.78, 5) is 22.0. The number of hydrogen-bond donors (Lipinski definition) is 1. The third-order valence-electron chi connectivity index (χ3n) is 6.18. The number of nitrogens with zero attached hydrogens (tertiary/aromatic N) is 4. The van der Waals surface area contributed by atoms with Gasteiger partial charge in [-0.2, -0.15) is 0 Å². The molecule has 1 amide bonds. The molecule has 1 N–H and O–H groups in total. The number of halogens is 2. The molecule has 1 saturated heterocycles. The van der Waals surface area contributed by atoms with E-state index < -0.39 is 0 Å². The number of ether oxygens (including phenoxy) is 1. The van der Waals surface area contributed by atoms with Crippen molar-refractivity contribution < 1.29 is 9.53 Å². The quantitative estimate of drug-likeness (QED) is 0.521. The first-order chi connectivity index (χ1) is 16.4. The average molecular weight is 502 g/mol. The van der Waals surface area contributed by atoms with Gasteiger partial charge in [-0.15, -0.1) is 0 Å². The molecule has 4 rings (SSSR count). The standard InChI is InChI=1S/C25H29Cl2N5O2/c1-17-24(29-18(2)32(17)19-7-9-20(34-3)10-8-19)25(33)28-11-12-30-13-15-31(16-14-30)22-6-4-5-21(26)23(22)27/h4-10H,11-16H2,1-3H3,(H,28,33). The average Bonchev–Trinajstić information content (AvgIpc) is 3.15. The Kier molecular flexibility index (Phi) is 7.66. The van der Waals surface area contributed by atoms with Gasteiger partial charge in [-0.1, -0.05) is 29.3 Å². The number of nitrogens with one attached hydrogen (secondary N) is 1. The lowest BCUT2D eigenvalue weighted by Gasteiger charge is -2.36. The Labute approximate surface area is 210 Å². The van der Waals surface area contributed by atoms with Crippen molar-refractivity contribution in [3.8, 4) is 11.4 Å². The van der Waals surface area contributed by atoms with Crippen molar-refractivity contribution in [1.29, 1.82) is 0 Å². The Bertz CT molecular complexity index is 1150. The van der Waals surface area contributed by atoms with Gasteiger partial charge in [0.1, 0.15) is 17.3 Å². The largest absolute Gasteiger partial charge is 0.497 e. The Hall–Kier alpha value is -2.74. The van der Waals surface area contributed by atoms with E-state index >= 15 is 0 Å². The van der Waals surface area contributed by atoms with E-state index in [9.17, 15) is 4.79 Å². The van der Waals surface area contributed by atoms with Crippen molar-refractivity contribution in [3.05, 3.63) is 69.7 Å². The number of carbonyl (C=O) groups is 1. The summed E-state index contributed by atoms with van der Waals surface area (Å²) in [5.74, 6) is 1.40. The number of piperazine rings is 1. The van der Waals surface area contributed by atoms with Crippen LogP contribution >= 0.6 is 23.2 Å². The van der Waals surface area contributed by atoms with E-state index in [-0.39, 0.29) is 5.91 Å². The number of methoxy groups -OCH3 is 1. The second-order valence-electron chi connectivity index (χ2n) is 8.28. The fourth-order valence-electron chi connectivity index (χ4n) is 4.33. The van der Waals surface area contributed by atoms with Crippen LogP contribution in [-0.2, 0) is 0 Å². The molecule has 7 nitrogen and oxygen atoms in total. The zero-order valence-electron chi connectivity index (χ0n) is 19.6. The van der Waals surface area contributed by atoms with Crippen LogP contribution in [0.5, 0.6) is 5.75 Å². The molecule has 0 unspecified atom stereocenters. The van der Waals surface area contributed by atoms with E-state index in [1.54, 1.807) is 13.2 Å². The van der Waals surface area contributed by atoms with Crippen LogP contribution in [0.3, 0.4) is 0 Å².